The minimum Gasteiger partial charge on any atom is -0.459 e. The number of hydrogen-bond donors (Lipinski definition) is 1. The Bertz CT molecular complexity index is 1670. The second-order valence-electron chi connectivity index (χ2n) is 17.3. The second kappa shape index (κ2) is 22.2. The molecule has 59 heavy (non-hydrogen) atoms. The zero-order valence-electron chi connectivity index (χ0n) is 37.0. The first-order valence-electron chi connectivity index (χ1n) is 20.4. The maximum absolute atomic E-state index is 13.7. The Labute approximate surface area is 352 Å². The summed E-state index contributed by atoms with van der Waals surface area (Å²) in [6.07, 6.45) is -3.49. The molecule has 2 aliphatic rings. The quantitative estimate of drug-likeness (QED) is 0.0852. The van der Waals surface area contributed by atoms with Crippen LogP contribution in [0.2, 0.25) is 18.1 Å². The third kappa shape index (κ3) is 15.6. The highest BCUT2D eigenvalue weighted by Gasteiger charge is 2.52. The lowest BCUT2D eigenvalue weighted by molar-refractivity contribution is -0.0268. The fraction of sp³-hybridized carbons (Fsp3) is 0.667. The fourth-order valence-electron chi connectivity index (χ4n) is 5.91. The topological polar surface area (TPSA) is 172 Å². The molecule has 0 amide bonds. The van der Waals surface area contributed by atoms with Crippen molar-refractivity contribution in [2.24, 2.45) is 0 Å². The van der Waals surface area contributed by atoms with Crippen LogP contribution in [0.1, 0.15) is 110 Å². The van der Waals surface area contributed by atoms with Crippen molar-refractivity contribution in [1.29, 1.82) is 0 Å². The van der Waals surface area contributed by atoms with Gasteiger partial charge in [-0.1, -0.05) is 57.2 Å². The molecular formula is C42H68O14P2Si. The summed E-state index contributed by atoms with van der Waals surface area (Å²) in [6, 6.07) is 17.3. The predicted molar refractivity (Wildman–Crippen MR) is 228 cm³/mol. The van der Waals surface area contributed by atoms with Gasteiger partial charge in [-0.3, -0.25) is 9.13 Å². The molecule has 2 saturated heterocycles. The van der Waals surface area contributed by atoms with Gasteiger partial charge in [0.25, 0.3) is 0 Å². The Morgan fingerprint density at radius 3 is 1.39 bits per heavy atom. The number of ether oxygens (including phenoxy) is 4. The van der Waals surface area contributed by atoms with Gasteiger partial charge in [0, 0.05) is 12.8 Å². The molecule has 17 heteroatoms. The van der Waals surface area contributed by atoms with Crippen LogP contribution >= 0.6 is 15.2 Å². The Hall–Kier alpha value is -2.26. The Kier molecular flexibility index (Phi) is 19.2. The van der Waals surface area contributed by atoms with Crippen LogP contribution in [0.4, 0.5) is 0 Å². The summed E-state index contributed by atoms with van der Waals surface area (Å²) < 4.78 is 78.7. The van der Waals surface area contributed by atoms with Crippen molar-refractivity contribution in [1.82, 2.24) is 0 Å². The third-order valence-corrected chi connectivity index (χ3v) is 19.0. The van der Waals surface area contributed by atoms with Gasteiger partial charge in [0.15, 0.2) is 20.0 Å². The van der Waals surface area contributed by atoms with Crippen molar-refractivity contribution < 1.29 is 65.3 Å². The van der Waals surface area contributed by atoms with E-state index in [4.69, 9.17) is 41.5 Å². The van der Waals surface area contributed by atoms with Crippen LogP contribution in [0.25, 0.3) is 0 Å². The molecule has 2 aromatic rings. The summed E-state index contributed by atoms with van der Waals surface area (Å²) in [5, 5.41) is 10.2. The van der Waals surface area contributed by atoms with Crippen molar-refractivity contribution in [2.75, 3.05) is 13.2 Å². The monoisotopic (exact) mass is 886 g/mol. The largest absolute Gasteiger partial charge is 0.459 e. The van der Waals surface area contributed by atoms with E-state index in [1.54, 1.807) is 82.3 Å². The number of carbonyl (C=O) groups is 2. The minimum atomic E-state index is -3.59. The molecule has 0 unspecified atom stereocenters. The molecule has 2 aromatic carbocycles. The van der Waals surface area contributed by atoms with Crippen LogP contribution in [-0.4, -0.2) is 99.1 Å². The van der Waals surface area contributed by atoms with Gasteiger partial charge in [0.05, 0.1) is 47.8 Å². The first-order chi connectivity index (χ1) is 27.4. The Morgan fingerprint density at radius 2 is 1.02 bits per heavy atom. The smallest absolute Gasteiger partial charge is 0.359 e. The lowest BCUT2D eigenvalue weighted by atomic mass is 10.2. The number of hydrogen-bond acceptors (Lipinski definition) is 14. The summed E-state index contributed by atoms with van der Waals surface area (Å²) in [6.45, 7) is 24.9. The lowest BCUT2D eigenvalue weighted by Gasteiger charge is -2.39. The van der Waals surface area contributed by atoms with Crippen LogP contribution in [0.5, 0.6) is 0 Å². The molecule has 0 aromatic heterocycles. The van der Waals surface area contributed by atoms with Gasteiger partial charge >= 0.3 is 27.1 Å². The van der Waals surface area contributed by atoms with Crippen LogP contribution in [0, 0.1) is 0 Å². The van der Waals surface area contributed by atoms with E-state index >= 15 is 0 Å². The zero-order chi connectivity index (χ0) is 44.3. The molecule has 14 nitrogen and oxygen atoms in total. The number of rotatable bonds is 18. The van der Waals surface area contributed by atoms with Crippen molar-refractivity contribution in [3.63, 3.8) is 0 Å². The molecule has 0 bridgehead atoms. The van der Waals surface area contributed by atoms with Crippen LogP contribution in [0.3, 0.4) is 0 Å². The number of aliphatic hydroxyl groups is 1. The predicted octanol–water partition coefficient (Wildman–Crippen LogP) is 9.75. The summed E-state index contributed by atoms with van der Waals surface area (Å²) in [4.78, 5) is 24.5. The Balaban J connectivity index is 0.000000324. The Morgan fingerprint density at radius 1 is 0.661 bits per heavy atom. The second-order valence-corrected chi connectivity index (χ2v) is 26.2. The van der Waals surface area contributed by atoms with E-state index in [0.717, 1.165) is 0 Å². The zero-order valence-corrected chi connectivity index (χ0v) is 39.8. The molecule has 334 valence electrons. The van der Waals surface area contributed by atoms with Crippen LogP contribution < -0.4 is 0 Å². The van der Waals surface area contributed by atoms with E-state index in [9.17, 15) is 23.8 Å². The summed E-state index contributed by atoms with van der Waals surface area (Å²) in [5.41, 5.74) is 0.874. The van der Waals surface area contributed by atoms with Crippen LogP contribution in [0.15, 0.2) is 60.7 Å². The van der Waals surface area contributed by atoms with Crippen LogP contribution in [-0.2, 0) is 50.6 Å². The average Bonchev–Trinajstić information content (AvgIpc) is 3.71. The highest BCUT2D eigenvalue weighted by molar-refractivity contribution is 7.54. The van der Waals surface area contributed by atoms with Crippen molar-refractivity contribution in [2.45, 2.75) is 168 Å². The fourth-order valence-corrected chi connectivity index (χ4v) is 11.8. The SMILES string of the molecule is CC(C)OP(=O)(OC(C)C)[C@H]1C[C@H](O)[C@@H](COC(=O)c2ccccc2)O1.CC(C)OP(=O)(OC(C)C)[C@H]1C[C@H](O[Si](C)(C)C(C)(C)C)[C@@H](COC(=O)c2ccccc2)O1. The summed E-state index contributed by atoms with van der Waals surface area (Å²) in [5.74, 6) is -2.64. The molecular weight excluding hydrogens is 818 g/mol. The van der Waals surface area contributed by atoms with E-state index in [0.29, 0.717) is 17.5 Å². The van der Waals surface area contributed by atoms with Gasteiger partial charge in [-0.2, -0.15) is 0 Å². The van der Waals surface area contributed by atoms with Crippen molar-refractivity contribution in [3.05, 3.63) is 71.8 Å². The maximum Gasteiger partial charge on any atom is 0.359 e. The molecule has 0 saturated carbocycles. The van der Waals surface area contributed by atoms with Gasteiger partial charge in [-0.25, -0.2) is 9.59 Å². The number of esters is 2. The molecule has 0 aliphatic carbocycles. The van der Waals surface area contributed by atoms with E-state index < -0.39 is 65.4 Å². The lowest BCUT2D eigenvalue weighted by Crippen LogP contribution is -2.46. The number of benzene rings is 2. The van der Waals surface area contributed by atoms with Crippen molar-refractivity contribution >= 4 is 35.4 Å². The van der Waals surface area contributed by atoms with Gasteiger partial charge < -0.3 is 46.6 Å². The first kappa shape index (κ1) is 51.1. The van der Waals surface area contributed by atoms with Gasteiger partial charge in [-0.05, 0) is 97.8 Å². The highest BCUT2D eigenvalue weighted by Crippen LogP contribution is 2.60. The first-order valence-corrected chi connectivity index (χ1v) is 26.5. The molecule has 0 spiro atoms. The third-order valence-electron chi connectivity index (χ3n) is 9.55. The number of aliphatic hydroxyl groups excluding tert-OH is 1. The average molecular weight is 887 g/mol. The molecule has 0 radical (unpaired) electrons. The molecule has 6 atom stereocenters. The van der Waals surface area contributed by atoms with E-state index in [1.165, 1.54) is 0 Å². The van der Waals surface area contributed by atoms with E-state index in [2.05, 4.69) is 33.9 Å². The van der Waals surface area contributed by atoms with E-state index in [-0.39, 0.29) is 55.2 Å². The van der Waals surface area contributed by atoms with Gasteiger partial charge in [-0.15, -0.1) is 0 Å². The molecule has 2 fully saturated rings. The normalized spacial score (nSPS) is 22.8. The molecule has 1 N–H and O–H groups in total. The minimum absolute atomic E-state index is 0.00707. The maximum atomic E-state index is 13.7. The van der Waals surface area contributed by atoms with Gasteiger partial charge in [0.2, 0.25) is 0 Å². The molecule has 4 rings (SSSR count). The molecule has 2 aliphatic heterocycles. The van der Waals surface area contributed by atoms with Gasteiger partial charge in [0.1, 0.15) is 25.4 Å². The summed E-state index contributed by atoms with van der Waals surface area (Å²) >= 11 is 0. The standard InChI is InChI=1S/C24H41O7PSi.C18H27O7P/c1-17(2)29-32(26,30-18(3)4)22-15-20(31-33(8,9)24(5,6)7)21(28-22)16-27-23(25)19-13-11-10-12-14-19;1-12(2)24-26(21,25-13(3)4)17-10-15(19)16(23-17)11-22-18(20)14-8-6-5-7-9-14/h10-14,17-18,20-22H,15-16H2,1-9H3;5-9,12-13,15-17,19H,10-11H2,1-4H3/t20-,21+,22-;15-,16+,17-/m00/s1. The number of carbonyl (C=O) groups excluding carboxylic acids is 2. The highest BCUT2D eigenvalue weighted by atomic mass is 31.2. The summed E-state index contributed by atoms with van der Waals surface area (Å²) in [7, 11) is -9.35. The van der Waals surface area contributed by atoms with E-state index in [1.807, 2.05) is 33.8 Å². The van der Waals surface area contributed by atoms with Crippen molar-refractivity contribution in [3.8, 4) is 0 Å². The molecule has 2 heterocycles.